The van der Waals surface area contributed by atoms with Crippen LogP contribution >= 0.6 is 0 Å². The van der Waals surface area contributed by atoms with Gasteiger partial charge in [0.2, 0.25) is 5.91 Å². The Morgan fingerprint density at radius 1 is 0.926 bits per heavy atom. The number of hydrogen-bond acceptors (Lipinski definition) is 5. The van der Waals surface area contributed by atoms with Gasteiger partial charge in [-0.3, -0.25) is 14.2 Å². The van der Waals surface area contributed by atoms with Crippen LogP contribution in [-0.2, 0) is 0 Å². The van der Waals surface area contributed by atoms with Gasteiger partial charge in [-0.1, -0.05) is 0 Å². The van der Waals surface area contributed by atoms with Crippen LogP contribution in [0.4, 0.5) is 5.69 Å². The lowest BCUT2D eigenvalue weighted by Gasteiger charge is -2.11. The molecule has 3 aromatic rings. The minimum absolute atomic E-state index is 0.189. The van der Waals surface area contributed by atoms with Crippen LogP contribution in [0.3, 0.4) is 0 Å². The zero-order valence-electron chi connectivity index (χ0n) is 15.5. The first-order valence-electron chi connectivity index (χ1n) is 8.22. The highest BCUT2D eigenvalue weighted by Crippen LogP contribution is 2.31. The molecule has 0 atom stereocenters. The number of nitrogens with zero attached hydrogens (tertiary/aromatic N) is 1. The molecule has 0 radical (unpaired) electrons. The smallest absolute Gasteiger partial charge is 0.257 e. The quantitative estimate of drug-likeness (QED) is 0.745. The van der Waals surface area contributed by atoms with Gasteiger partial charge in [-0.15, -0.1) is 0 Å². The molecule has 0 unspecified atom stereocenters. The van der Waals surface area contributed by atoms with E-state index in [0.717, 1.165) is 0 Å². The molecule has 27 heavy (non-hydrogen) atoms. The molecule has 2 aromatic carbocycles. The second-order valence-electron chi connectivity index (χ2n) is 5.84. The number of anilines is 1. The summed E-state index contributed by atoms with van der Waals surface area (Å²) in [5.74, 6) is 1.13. The minimum Gasteiger partial charge on any atom is -0.497 e. The maximum Gasteiger partial charge on any atom is 0.257 e. The summed E-state index contributed by atoms with van der Waals surface area (Å²) in [5, 5.41) is 3.45. The van der Waals surface area contributed by atoms with Gasteiger partial charge in [0.1, 0.15) is 17.2 Å². The molecule has 1 amide bonds. The molecule has 0 aliphatic heterocycles. The number of rotatable bonds is 5. The van der Waals surface area contributed by atoms with Crippen molar-refractivity contribution in [1.82, 2.24) is 4.57 Å². The van der Waals surface area contributed by atoms with Gasteiger partial charge < -0.3 is 19.5 Å². The highest BCUT2D eigenvalue weighted by Gasteiger charge is 2.19. The predicted molar refractivity (Wildman–Crippen MR) is 102 cm³/mol. The maximum atomic E-state index is 12.9. The van der Waals surface area contributed by atoms with Gasteiger partial charge in [-0.05, 0) is 30.3 Å². The van der Waals surface area contributed by atoms with Crippen LogP contribution in [-0.4, -0.2) is 37.7 Å². The molecule has 7 heteroatoms. The van der Waals surface area contributed by atoms with E-state index in [1.807, 2.05) is 0 Å². The summed E-state index contributed by atoms with van der Waals surface area (Å²) in [6.07, 6.45) is 1.53. The van der Waals surface area contributed by atoms with E-state index in [1.54, 1.807) is 50.6 Å². The number of amides is 1. The molecule has 0 spiro atoms. The van der Waals surface area contributed by atoms with Gasteiger partial charge in [0, 0.05) is 24.6 Å². The summed E-state index contributed by atoms with van der Waals surface area (Å²) >= 11 is 0. The van der Waals surface area contributed by atoms with Crippen molar-refractivity contribution in [3.8, 4) is 17.2 Å². The number of carbonyl (C=O) groups excluding carboxylic acids is 2. The Labute approximate surface area is 156 Å². The molecule has 0 saturated carbocycles. The van der Waals surface area contributed by atoms with Crippen LogP contribution in [0.5, 0.6) is 17.2 Å². The van der Waals surface area contributed by atoms with E-state index >= 15 is 0 Å². The largest absolute Gasteiger partial charge is 0.497 e. The second-order valence-corrected chi connectivity index (χ2v) is 5.84. The SMILES string of the molecule is COc1ccc(NC(=O)c2cn(C(C)=O)c3ccc(OC)cc23)c(OC)c1. The van der Waals surface area contributed by atoms with E-state index in [9.17, 15) is 9.59 Å². The number of methoxy groups -OCH3 is 3. The third kappa shape index (κ3) is 3.44. The Balaban J connectivity index is 2.04. The standard InChI is InChI=1S/C20H20N2O5/c1-12(23)22-11-16(15-9-13(25-2)6-8-18(15)22)20(24)21-17-7-5-14(26-3)10-19(17)27-4/h5-11H,1-4H3,(H,21,24). The van der Waals surface area contributed by atoms with E-state index in [-0.39, 0.29) is 11.8 Å². The van der Waals surface area contributed by atoms with Crippen LogP contribution < -0.4 is 19.5 Å². The predicted octanol–water partition coefficient (Wildman–Crippen LogP) is 3.58. The third-order valence-corrected chi connectivity index (χ3v) is 4.25. The number of carbonyl (C=O) groups is 2. The van der Waals surface area contributed by atoms with Gasteiger partial charge in [-0.2, -0.15) is 0 Å². The molecule has 1 aromatic heterocycles. The van der Waals surface area contributed by atoms with Gasteiger partial charge in [0.05, 0.1) is 38.1 Å². The monoisotopic (exact) mass is 368 g/mol. The Kier molecular flexibility index (Phi) is 5.03. The topological polar surface area (TPSA) is 78.8 Å². The molecule has 1 N–H and O–H groups in total. The summed E-state index contributed by atoms with van der Waals surface area (Å²) < 4.78 is 17.2. The van der Waals surface area contributed by atoms with Crippen molar-refractivity contribution in [1.29, 1.82) is 0 Å². The fraction of sp³-hybridized carbons (Fsp3) is 0.200. The van der Waals surface area contributed by atoms with Crippen molar-refractivity contribution in [3.63, 3.8) is 0 Å². The van der Waals surface area contributed by atoms with Crippen LogP contribution in [0.1, 0.15) is 22.1 Å². The summed E-state index contributed by atoms with van der Waals surface area (Å²) in [6.45, 7) is 1.44. The lowest BCUT2D eigenvalue weighted by atomic mass is 10.1. The summed E-state index contributed by atoms with van der Waals surface area (Å²) in [4.78, 5) is 24.9. The molecule has 0 aliphatic carbocycles. The Bertz CT molecular complexity index is 1020. The molecular formula is C20H20N2O5. The molecule has 0 aliphatic rings. The maximum absolute atomic E-state index is 12.9. The van der Waals surface area contributed by atoms with Gasteiger partial charge in [0.25, 0.3) is 5.91 Å². The zero-order valence-corrected chi connectivity index (χ0v) is 15.5. The molecule has 0 bridgehead atoms. The summed E-state index contributed by atoms with van der Waals surface area (Å²) in [5.41, 5.74) is 1.49. The van der Waals surface area contributed by atoms with E-state index in [1.165, 1.54) is 24.8 Å². The van der Waals surface area contributed by atoms with Crippen molar-refractivity contribution < 1.29 is 23.8 Å². The minimum atomic E-state index is -0.364. The number of fused-ring (bicyclic) bond motifs is 1. The fourth-order valence-electron chi connectivity index (χ4n) is 2.87. The van der Waals surface area contributed by atoms with Gasteiger partial charge >= 0.3 is 0 Å². The average molecular weight is 368 g/mol. The number of benzene rings is 2. The zero-order chi connectivity index (χ0) is 19.6. The van der Waals surface area contributed by atoms with E-state index in [2.05, 4.69) is 5.32 Å². The molecule has 7 nitrogen and oxygen atoms in total. The number of hydrogen-bond donors (Lipinski definition) is 1. The summed E-state index contributed by atoms with van der Waals surface area (Å²) in [7, 11) is 4.61. The molecule has 140 valence electrons. The van der Waals surface area contributed by atoms with Gasteiger partial charge in [0.15, 0.2) is 0 Å². The highest BCUT2D eigenvalue weighted by molar-refractivity contribution is 6.15. The normalized spacial score (nSPS) is 10.5. The van der Waals surface area contributed by atoms with E-state index in [0.29, 0.717) is 39.4 Å². The Morgan fingerprint density at radius 3 is 2.22 bits per heavy atom. The van der Waals surface area contributed by atoms with Crippen molar-refractivity contribution >= 4 is 28.4 Å². The lowest BCUT2D eigenvalue weighted by Crippen LogP contribution is -2.12. The molecule has 0 saturated heterocycles. The Hall–Kier alpha value is -3.48. The first kappa shape index (κ1) is 18.3. The second kappa shape index (κ2) is 7.41. The van der Waals surface area contributed by atoms with Crippen molar-refractivity contribution in [2.24, 2.45) is 0 Å². The van der Waals surface area contributed by atoms with Crippen molar-refractivity contribution in [3.05, 3.63) is 48.2 Å². The van der Waals surface area contributed by atoms with Crippen LogP contribution in [0.2, 0.25) is 0 Å². The van der Waals surface area contributed by atoms with Crippen molar-refractivity contribution in [2.75, 3.05) is 26.6 Å². The van der Waals surface area contributed by atoms with Crippen molar-refractivity contribution in [2.45, 2.75) is 6.92 Å². The number of nitrogens with one attached hydrogen (secondary N) is 1. The average Bonchev–Trinajstić information content (AvgIpc) is 3.07. The number of aromatic nitrogens is 1. The molecule has 1 heterocycles. The summed E-state index contributed by atoms with van der Waals surface area (Å²) in [6, 6.07) is 10.3. The van der Waals surface area contributed by atoms with Crippen LogP contribution in [0, 0.1) is 0 Å². The van der Waals surface area contributed by atoms with Gasteiger partial charge in [-0.25, -0.2) is 0 Å². The molecule has 3 rings (SSSR count). The van der Waals surface area contributed by atoms with Crippen LogP contribution in [0.25, 0.3) is 10.9 Å². The third-order valence-electron chi connectivity index (χ3n) is 4.25. The highest BCUT2D eigenvalue weighted by atomic mass is 16.5. The first-order chi connectivity index (χ1) is 13.0. The van der Waals surface area contributed by atoms with Crippen LogP contribution in [0.15, 0.2) is 42.6 Å². The van der Waals surface area contributed by atoms with E-state index in [4.69, 9.17) is 14.2 Å². The number of ether oxygens (including phenoxy) is 3. The Morgan fingerprint density at radius 2 is 1.59 bits per heavy atom. The molecule has 0 fully saturated rings. The lowest BCUT2D eigenvalue weighted by molar-refractivity contribution is 0.0941. The molecular weight excluding hydrogens is 348 g/mol. The fourth-order valence-corrected chi connectivity index (χ4v) is 2.87. The first-order valence-corrected chi connectivity index (χ1v) is 8.22. The van der Waals surface area contributed by atoms with E-state index < -0.39 is 0 Å².